The van der Waals surface area contributed by atoms with E-state index in [2.05, 4.69) is 4.90 Å². The molecule has 1 aliphatic heterocycles. The van der Waals surface area contributed by atoms with Gasteiger partial charge in [0.25, 0.3) is 0 Å². The maximum atomic E-state index is 13.4. The summed E-state index contributed by atoms with van der Waals surface area (Å²) in [5, 5.41) is 10.7. The van der Waals surface area contributed by atoms with Crippen LogP contribution in [0.4, 0.5) is 4.39 Å². The summed E-state index contributed by atoms with van der Waals surface area (Å²) in [5.41, 5.74) is 1.68. The molecule has 2 aromatic carbocycles. The van der Waals surface area contributed by atoms with Crippen LogP contribution < -0.4 is 0 Å². The second-order valence-corrected chi connectivity index (χ2v) is 8.14. The molecule has 0 spiro atoms. The summed E-state index contributed by atoms with van der Waals surface area (Å²) in [7, 11) is 0. The van der Waals surface area contributed by atoms with Crippen molar-refractivity contribution in [2.45, 2.75) is 25.0 Å². The number of benzene rings is 2. The summed E-state index contributed by atoms with van der Waals surface area (Å²) in [4.78, 5) is 16.9. The van der Waals surface area contributed by atoms with E-state index in [1.165, 1.54) is 0 Å². The highest BCUT2D eigenvalue weighted by molar-refractivity contribution is 6.42. The minimum absolute atomic E-state index is 0.0100. The van der Waals surface area contributed by atoms with E-state index in [1.807, 2.05) is 30.3 Å². The number of hydrogen-bond acceptors (Lipinski definition) is 3. The van der Waals surface area contributed by atoms with Crippen LogP contribution in [0.5, 0.6) is 0 Å². The van der Waals surface area contributed by atoms with E-state index in [9.17, 15) is 14.3 Å². The van der Waals surface area contributed by atoms with Crippen LogP contribution in [0, 0.1) is 0 Å². The fourth-order valence-electron chi connectivity index (χ4n) is 3.75. The van der Waals surface area contributed by atoms with Gasteiger partial charge in [-0.3, -0.25) is 9.69 Å². The molecule has 1 N–H and O–H groups in total. The first-order chi connectivity index (χ1) is 14.0. The van der Waals surface area contributed by atoms with Crippen molar-refractivity contribution in [3.8, 4) is 0 Å². The molecule has 1 saturated heterocycles. The van der Waals surface area contributed by atoms with Crippen LogP contribution in [-0.4, -0.2) is 59.8 Å². The maximum absolute atomic E-state index is 13.4. The Balaban J connectivity index is 1.83. The van der Waals surface area contributed by atoms with Gasteiger partial charge in [-0.15, -0.1) is 0 Å². The van der Waals surface area contributed by atoms with Crippen molar-refractivity contribution >= 4 is 29.1 Å². The van der Waals surface area contributed by atoms with Gasteiger partial charge in [0.1, 0.15) is 6.67 Å². The number of β-amino-alcohol motifs (C(OH)–C–C–N with tert-alkyl or cyclic N) is 1. The van der Waals surface area contributed by atoms with Crippen LogP contribution in [0.1, 0.15) is 23.6 Å². The Morgan fingerprint density at radius 1 is 1.21 bits per heavy atom. The molecule has 1 fully saturated rings. The van der Waals surface area contributed by atoms with Crippen LogP contribution in [0.25, 0.3) is 0 Å². The Kier molecular flexibility index (Phi) is 7.90. The average molecular weight is 439 g/mol. The molecule has 0 saturated carbocycles. The lowest BCUT2D eigenvalue weighted by atomic mass is 10.0. The van der Waals surface area contributed by atoms with E-state index in [0.29, 0.717) is 29.6 Å². The zero-order valence-electron chi connectivity index (χ0n) is 16.1. The van der Waals surface area contributed by atoms with Gasteiger partial charge in [0, 0.05) is 26.2 Å². The summed E-state index contributed by atoms with van der Waals surface area (Å²) in [6.45, 7) is 1.26. The number of carbonyl (C=O) groups excluding carboxylic acids is 1. The average Bonchev–Trinajstić information content (AvgIpc) is 3.13. The topological polar surface area (TPSA) is 43.8 Å². The van der Waals surface area contributed by atoms with E-state index in [4.69, 9.17) is 23.2 Å². The second-order valence-electron chi connectivity index (χ2n) is 7.33. The van der Waals surface area contributed by atoms with Crippen molar-refractivity contribution in [3.63, 3.8) is 0 Å². The zero-order chi connectivity index (χ0) is 20.8. The minimum atomic E-state index is -0.626. The largest absolute Gasteiger partial charge is 0.392 e. The highest BCUT2D eigenvalue weighted by atomic mass is 35.5. The molecule has 3 rings (SSSR count). The Morgan fingerprint density at radius 2 is 1.97 bits per heavy atom. The first kappa shape index (κ1) is 22.0. The first-order valence-electron chi connectivity index (χ1n) is 9.72. The third-order valence-electron chi connectivity index (χ3n) is 5.22. The van der Waals surface area contributed by atoms with Gasteiger partial charge in [0.2, 0.25) is 5.91 Å². The highest BCUT2D eigenvalue weighted by Crippen LogP contribution is 2.27. The second kappa shape index (κ2) is 10.4. The van der Waals surface area contributed by atoms with Crippen molar-refractivity contribution in [3.05, 3.63) is 69.7 Å². The predicted octanol–water partition coefficient (Wildman–Crippen LogP) is 4.14. The summed E-state index contributed by atoms with van der Waals surface area (Å²) >= 11 is 12.0. The monoisotopic (exact) mass is 438 g/mol. The van der Waals surface area contributed by atoms with E-state index >= 15 is 0 Å². The smallest absolute Gasteiger partial charge is 0.227 e. The van der Waals surface area contributed by atoms with Gasteiger partial charge in [-0.05, 0) is 29.7 Å². The molecule has 0 bridgehead atoms. The minimum Gasteiger partial charge on any atom is -0.392 e. The third kappa shape index (κ3) is 5.92. The number of nitrogens with zero attached hydrogens (tertiary/aromatic N) is 2. The first-order valence-corrected chi connectivity index (χ1v) is 10.5. The van der Waals surface area contributed by atoms with Gasteiger partial charge in [-0.1, -0.05) is 59.6 Å². The molecule has 4 nitrogen and oxygen atoms in total. The van der Waals surface area contributed by atoms with E-state index in [0.717, 1.165) is 17.7 Å². The standard InChI is InChI=1S/C22H25Cl2FN2O2/c23-19-7-6-16(12-20(19)24)13-22(29)27(11-9-25)21(17-4-2-1-3-5-17)15-26-10-8-18(28)14-26/h1-7,12,18,21,28H,8-11,13-15H2/t18-,21+/m0/s1. The van der Waals surface area contributed by atoms with Crippen LogP contribution in [0.2, 0.25) is 10.0 Å². The Hall–Kier alpha value is -1.66. The van der Waals surface area contributed by atoms with E-state index in [-0.39, 0.29) is 31.0 Å². The molecule has 1 aliphatic rings. The number of hydrogen-bond donors (Lipinski definition) is 1. The molecule has 1 heterocycles. The molecule has 1 amide bonds. The number of likely N-dealkylation sites (tertiary alicyclic amines) is 1. The molecule has 2 aromatic rings. The number of aliphatic hydroxyl groups excluding tert-OH is 1. The number of carbonyl (C=O) groups is 1. The summed E-state index contributed by atoms with van der Waals surface area (Å²) < 4.78 is 13.4. The van der Waals surface area contributed by atoms with Crippen molar-refractivity contribution in [1.82, 2.24) is 9.80 Å². The fraction of sp³-hybridized carbons (Fsp3) is 0.409. The fourth-order valence-corrected chi connectivity index (χ4v) is 4.07. The van der Waals surface area contributed by atoms with Crippen LogP contribution in [-0.2, 0) is 11.2 Å². The molecule has 29 heavy (non-hydrogen) atoms. The van der Waals surface area contributed by atoms with E-state index < -0.39 is 6.67 Å². The molecule has 2 atom stereocenters. The molecule has 7 heteroatoms. The van der Waals surface area contributed by atoms with Crippen molar-refractivity contribution in [2.75, 3.05) is 32.9 Å². The summed E-state index contributed by atoms with van der Waals surface area (Å²) in [5.74, 6) is -0.172. The Bertz CT molecular complexity index is 822. The Morgan fingerprint density at radius 3 is 2.59 bits per heavy atom. The van der Waals surface area contributed by atoms with Gasteiger partial charge in [0.05, 0.1) is 28.6 Å². The number of alkyl halides is 1. The number of aliphatic hydroxyl groups is 1. The highest BCUT2D eigenvalue weighted by Gasteiger charge is 2.30. The van der Waals surface area contributed by atoms with Crippen molar-refractivity contribution < 1.29 is 14.3 Å². The molecule has 0 unspecified atom stereocenters. The van der Waals surface area contributed by atoms with Gasteiger partial charge >= 0.3 is 0 Å². The number of amides is 1. The molecule has 0 aromatic heterocycles. The van der Waals surface area contributed by atoms with Gasteiger partial charge in [0.15, 0.2) is 0 Å². The third-order valence-corrected chi connectivity index (χ3v) is 5.96. The molecular formula is C22H25Cl2FN2O2. The quantitative estimate of drug-likeness (QED) is 0.673. The van der Waals surface area contributed by atoms with Gasteiger partial charge < -0.3 is 10.0 Å². The lowest BCUT2D eigenvalue weighted by Crippen LogP contribution is -2.43. The predicted molar refractivity (Wildman–Crippen MR) is 114 cm³/mol. The molecule has 0 radical (unpaired) electrons. The van der Waals surface area contributed by atoms with Crippen LogP contribution >= 0.6 is 23.2 Å². The molecule has 156 valence electrons. The Labute approximate surface area is 180 Å². The summed E-state index contributed by atoms with van der Waals surface area (Å²) in [6.07, 6.45) is 0.470. The van der Waals surface area contributed by atoms with Crippen LogP contribution in [0.3, 0.4) is 0 Å². The van der Waals surface area contributed by atoms with Crippen molar-refractivity contribution in [1.29, 1.82) is 0 Å². The molecule has 0 aliphatic carbocycles. The SMILES string of the molecule is O=C(Cc1ccc(Cl)c(Cl)c1)N(CCF)[C@H](CN1CC[C@H](O)C1)c1ccccc1. The van der Waals surface area contributed by atoms with Crippen LogP contribution in [0.15, 0.2) is 48.5 Å². The summed E-state index contributed by atoms with van der Waals surface area (Å²) in [6, 6.07) is 14.4. The molecular weight excluding hydrogens is 414 g/mol. The van der Waals surface area contributed by atoms with E-state index in [1.54, 1.807) is 23.1 Å². The normalized spacial score (nSPS) is 18.0. The maximum Gasteiger partial charge on any atom is 0.227 e. The lowest BCUT2D eigenvalue weighted by Gasteiger charge is -2.34. The van der Waals surface area contributed by atoms with Crippen molar-refractivity contribution in [2.24, 2.45) is 0 Å². The van der Waals surface area contributed by atoms with Gasteiger partial charge in [-0.2, -0.15) is 0 Å². The lowest BCUT2D eigenvalue weighted by molar-refractivity contribution is -0.133. The number of rotatable bonds is 8. The van der Waals surface area contributed by atoms with Gasteiger partial charge in [-0.25, -0.2) is 4.39 Å². The number of halogens is 3. The zero-order valence-corrected chi connectivity index (χ0v) is 17.6.